The van der Waals surface area contributed by atoms with E-state index in [1.165, 1.54) is 11.1 Å². The number of hydrogen-bond donors (Lipinski definition) is 2. The van der Waals surface area contributed by atoms with Crippen molar-refractivity contribution in [1.82, 2.24) is 15.5 Å². The molecule has 0 radical (unpaired) electrons. The van der Waals surface area contributed by atoms with Gasteiger partial charge in [0.15, 0.2) is 0 Å². The van der Waals surface area contributed by atoms with E-state index in [4.69, 9.17) is 4.74 Å². The summed E-state index contributed by atoms with van der Waals surface area (Å²) >= 11 is 0. The first-order valence-corrected chi connectivity index (χ1v) is 13.6. The van der Waals surface area contributed by atoms with Crippen LogP contribution >= 0.6 is 0 Å². The number of rotatable bonds is 11. The molecule has 1 aromatic carbocycles. The third-order valence-corrected chi connectivity index (χ3v) is 7.42. The lowest BCUT2D eigenvalue weighted by Crippen LogP contribution is -2.61. The fraction of sp³-hybridized carbons (Fsp3) is 0.645. The Balaban J connectivity index is 3.34. The molecule has 2 amide bonds. The number of nitrogens with one attached hydrogen (secondary N) is 2. The van der Waals surface area contributed by atoms with E-state index in [2.05, 4.69) is 42.7 Å². The molecule has 38 heavy (non-hydrogen) atoms. The molecule has 3 atom stereocenters. The van der Waals surface area contributed by atoms with Crippen molar-refractivity contribution in [1.29, 1.82) is 0 Å². The molecular weight excluding hydrogens is 478 g/mol. The minimum absolute atomic E-state index is 0.0402. The Morgan fingerprint density at radius 3 is 2.05 bits per heavy atom. The summed E-state index contributed by atoms with van der Waals surface area (Å²) < 4.78 is 5.13. The minimum Gasteiger partial charge on any atom is -0.463 e. The number of carbonyl (C=O) groups is 3. The predicted molar refractivity (Wildman–Crippen MR) is 155 cm³/mol. The van der Waals surface area contributed by atoms with Crippen LogP contribution in [-0.4, -0.2) is 61.5 Å². The summed E-state index contributed by atoms with van der Waals surface area (Å²) in [6, 6.07) is 4.57. The van der Waals surface area contributed by atoms with Gasteiger partial charge in [-0.3, -0.25) is 9.59 Å². The SMILES string of the molecule is CCOC(=O)C(C)=C[C@H](C(C)C)N(C)C(=O)[C@@H](NC(=O)[C@@H](NC)C(C)(C)c1ccc(C)c(C)c1)C(C)(C)C. The van der Waals surface area contributed by atoms with E-state index >= 15 is 0 Å². The van der Waals surface area contributed by atoms with Crippen LogP contribution in [0, 0.1) is 25.2 Å². The van der Waals surface area contributed by atoms with Gasteiger partial charge in [0, 0.05) is 18.0 Å². The molecule has 0 saturated carbocycles. The number of amides is 2. The first kappa shape index (κ1) is 33.4. The lowest BCUT2D eigenvalue weighted by molar-refractivity contribution is -0.141. The summed E-state index contributed by atoms with van der Waals surface area (Å²) in [4.78, 5) is 41.5. The number of esters is 1. The van der Waals surface area contributed by atoms with Gasteiger partial charge in [-0.05, 0) is 62.8 Å². The monoisotopic (exact) mass is 529 g/mol. The van der Waals surface area contributed by atoms with E-state index in [0.717, 1.165) is 5.56 Å². The van der Waals surface area contributed by atoms with Crippen LogP contribution in [0.1, 0.15) is 79.0 Å². The van der Waals surface area contributed by atoms with Crippen LogP contribution < -0.4 is 10.6 Å². The zero-order valence-electron chi connectivity index (χ0n) is 25.9. The van der Waals surface area contributed by atoms with E-state index in [1.807, 2.05) is 48.5 Å². The molecule has 1 rings (SSSR count). The molecular formula is C31H51N3O4. The fourth-order valence-corrected chi connectivity index (χ4v) is 4.67. The number of nitrogens with zero attached hydrogens (tertiary/aromatic N) is 1. The number of aryl methyl sites for hydroxylation is 2. The molecule has 0 aromatic heterocycles. The van der Waals surface area contributed by atoms with Gasteiger partial charge in [0.25, 0.3) is 0 Å². The van der Waals surface area contributed by atoms with Crippen molar-refractivity contribution >= 4 is 17.8 Å². The van der Waals surface area contributed by atoms with Gasteiger partial charge >= 0.3 is 5.97 Å². The Morgan fingerprint density at radius 2 is 1.61 bits per heavy atom. The van der Waals surface area contributed by atoms with Gasteiger partial charge in [-0.15, -0.1) is 0 Å². The zero-order valence-corrected chi connectivity index (χ0v) is 25.9. The van der Waals surface area contributed by atoms with Gasteiger partial charge in [0.05, 0.1) is 18.7 Å². The standard InChI is InChI=1S/C31H51N3O4/c1-14-38-29(37)22(6)18-24(19(2)3)34(13)28(36)26(30(7,8)9)33-27(35)25(32-12)31(10,11)23-16-15-20(4)21(5)17-23/h15-19,24-26,32H,14H2,1-13H3,(H,33,35)/t24-,25-,26-/m1/s1. The number of likely N-dealkylation sites (N-methyl/N-ethyl adjacent to an activating group) is 2. The van der Waals surface area contributed by atoms with Crippen molar-refractivity contribution in [3.8, 4) is 0 Å². The highest BCUT2D eigenvalue weighted by molar-refractivity contribution is 5.92. The molecule has 0 aliphatic rings. The molecule has 1 aromatic rings. The highest BCUT2D eigenvalue weighted by Crippen LogP contribution is 2.30. The maximum atomic E-state index is 13.9. The molecule has 0 fully saturated rings. The third kappa shape index (κ3) is 8.16. The van der Waals surface area contributed by atoms with E-state index in [1.54, 1.807) is 38.9 Å². The Hall–Kier alpha value is -2.67. The number of ether oxygens (including phenoxy) is 1. The van der Waals surface area contributed by atoms with Crippen LogP contribution in [0.5, 0.6) is 0 Å². The highest BCUT2D eigenvalue weighted by Gasteiger charge is 2.41. The van der Waals surface area contributed by atoms with Crippen molar-refractivity contribution in [2.75, 3.05) is 20.7 Å². The second-order valence-electron chi connectivity index (χ2n) is 12.3. The molecule has 0 aliphatic carbocycles. The van der Waals surface area contributed by atoms with Gasteiger partial charge in [0.1, 0.15) is 6.04 Å². The second kappa shape index (κ2) is 13.4. The number of benzene rings is 1. The van der Waals surface area contributed by atoms with E-state index < -0.39 is 28.9 Å². The van der Waals surface area contributed by atoms with Crippen LogP contribution in [0.25, 0.3) is 0 Å². The average molecular weight is 530 g/mol. The molecule has 0 saturated heterocycles. The van der Waals surface area contributed by atoms with Gasteiger partial charge in [-0.2, -0.15) is 0 Å². The minimum atomic E-state index is -0.774. The Kier molecular flexibility index (Phi) is 11.8. The smallest absolute Gasteiger partial charge is 0.333 e. The maximum absolute atomic E-state index is 13.9. The summed E-state index contributed by atoms with van der Waals surface area (Å²) in [5.41, 5.74) is 2.78. The van der Waals surface area contributed by atoms with Crippen molar-refractivity contribution in [3.63, 3.8) is 0 Å². The summed E-state index contributed by atoms with van der Waals surface area (Å²) in [6.07, 6.45) is 1.78. The highest BCUT2D eigenvalue weighted by atomic mass is 16.5. The predicted octanol–water partition coefficient (Wildman–Crippen LogP) is 4.69. The quantitative estimate of drug-likeness (QED) is 0.321. The Bertz CT molecular complexity index is 1020. The topological polar surface area (TPSA) is 87.7 Å². The normalized spacial score (nSPS) is 15.1. The molecule has 0 bridgehead atoms. The number of carbonyl (C=O) groups excluding carboxylic acids is 3. The second-order valence-corrected chi connectivity index (χ2v) is 12.3. The van der Waals surface area contributed by atoms with Gasteiger partial charge in [0.2, 0.25) is 11.8 Å². The zero-order chi connectivity index (χ0) is 29.6. The Labute approximate surface area is 230 Å². The lowest BCUT2D eigenvalue weighted by atomic mass is 9.76. The molecule has 7 nitrogen and oxygen atoms in total. The fourth-order valence-electron chi connectivity index (χ4n) is 4.67. The van der Waals surface area contributed by atoms with Crippen molar-refractivity contribution in [3.05, 3.63) is 46.5 Å². The first-order valence-electron chi connectivity index (χ1n) is 13.6. The van der Waals surface area contributed by atoms with Crippen LogP contribution in [0.2, 0.25) is 0 Å². The third-order valence-electron chi connectivity index (χ3n) is 7.42. The molecule has 0 spiro atoms. The summed E-state index contributed by atoms with van der Waals surface area (Å²) in [6.45, 7) is 21.8. The number of hydrogen-bond acceptors (Lipinski definition) is 5. The van der Waals surface area contributed by atoms with E-state index in [9.17, 15) is 14.4 Å². The van der Waals surface area contributed by atoms with Gasteiger partial charge < -0.3 is 20.3 Å². The van der Waals surface area contributed by atoms with Crippen LogP contribution in [0.4, 0.5) is 0 Å². The largest absolute Gasteiger partial charge is 0.463 e. The van der Waals surface area contributed by atoms with Crippen LogP contribution in [0.3, 0.4) is 0 Å². The summed E-state index contributed by atoms with van der Waals surface area (Å²) in [5.74, 6) is -0.809. The average Bonchev–Trinajstić information content (AvgIpc) is 2.81. The molecule has 2 N–H and O–H groups in total. The molecule has 0 unspecified atom stereocenters. The van der Waals surface area contributed by atoms with Crippen LogP contribution in [0.15, 0.2) is 29.8 Å². The summed E-state index contributed by atoms with van der Waals surface area (Å²) in [7, 11) is 3.49. The van der Waals surface area contributed by atoms with E-state index in [-0.39, 0.29) is 30.4 Å². The maximum Gasteiger partial charge on any atom is 0.333 e. The van der Waals surface area contributed by atoms with Crippen LogP contribution in [-0.2, 0) is 24.5 Å². The molecule has 0 heterocycles. The molecule has 214 valence electrons. The van der Waals surface area contributed by atoms with Crippen molar-refractivity contribution < 1.29 is 19.1 Å². The lowest BCUT2D eigenvalue weighted by Gasteiger charge is -2.40. The summed E-state index contributed by atoms with van der Waals surface area (Å²) in [5, 5.41) is 6.27. The van der Waals surface area contributed by atoms with Gasteiger partial charge in [-0.1, -0.05) is 72.7 Å². The first-order chi connectivity index (χ1) is 17.4. The Morgan fingerprint density at radius 1 is 1.03 bits per heavy atom. The molecule has 0 aliphatic heterocycles. The molecule has 7 heteroatoms. The van der Waals surface area contributed by atoms with Gasteiger partial charge in [-0.25, -0.2) is 4.79 Å². The van der Waals surface area contributed by atoms with Crippen molar-refractivity contribution in [2.24, 2.45) is 11.3 Å². The van der Waals surface area contributed by atoms with E-state index in [0.29, 0.717) is 5.57 Å². The van der Waals surface area contributed by atoms with Crippen molar-refractivity contribution in [2.45, 2.75) is 99.7 Å².